The number of ether oxygens (including phenoxy) is 1. The molecule has 3 rings (SSSR count). The molecule has 0 amide bonds. The molecule has 0 saturated heterocycles. The van der Waals surface area contributed by atoms with E-state index in [1.165, 1.54) is 11.3 Å². The molecule has 0 radical (unpaired) electrons. The lowest BCUT2D eigenvalue weighted by Crippen LogP contribution is -2.19. The van der Waals surface area contributed by atoms with Gasteiger partial charge in [-0.1, -0.05) is 42.5 Å². The number of para-hydroxylation sites is 1. The van der Waals surface area contributed by atoms with Gasteiger partial charge in [-0.25, -0.2) is 4.98 Å². The zero-order valence-electron chi connectivity index (χ0n) is 14.9. The van der Waals surface area contributed by atoms with Crippen LogP contribution in [0.15, 0.2) is 65.1 Å². The summed E-state index contributed by atoms with van der Waals surface area (Å²) in [5.74, 6) is 0.823. The van der Waals surface area contributed by atoms with Gasteiger partial charge in [-0.3, -0.25) is 5.43 Å². The first-order valence-electron chi connectivity index (χ1n) is 8.39. The highest BCUT2D eigenvalue weighted by Crippen LogP contribution is 2.24. The number of nitrogens with zero attached hydrogens (tertiary/aromatic N) is 3. The second kappa shape index (κ2) is 9.12. The molecule has 0 atom stereocenters. The Morgan fingerprint density at radius 2 is 1.88 bits per heavy atom. The van der Waals surface area contributed by atoms with E-state index in [9.17, 15) is 0 Å². The number of hydrazone groups is 1. The van der Waals surface area contributed by atoms with Crippen LogP contribution >= 0.6 is 11.3 Å². The highest BCUT2D eigenvalue weighted by Gasteiger charge is 2.04. The fourth-order valence-electron chi connectivity index (χ4n) is 2.28. The van der Waals surface area contributed by atoms with Crippen molar-refractivity contribution in [2.75, 3.05) is 32.7 Å². The quantitative estimate of drug-likeness (QED) is 0.480. The molecule has 134 valence electrons. The molecule has 0 saturated carbocycles. The van der Waals surface area contributed by atoms with Gasteiger partial charge in [0.25, 0.3) is 0 Å². The Hall–Kier alpha value is -2.70. The fourth-order valence-corrected chi connectivity index (χ4v) is 2.95. The van der Waals surface area contributed by atoms with Gasteiger partial charge in [-0.15, -0.1) is 11.3 Å². The number of nitrogens with one attached hydrogen (secondary N) is 1. The third-order valence-electron chi connectivity index (χ3n) is 3.65. The maximum atomic E-state index is 5.84. The molecule has 3 aromatic rings. The van der Waals surface area contributed by atoms with Crippen molar-refractivity contribution in [3.63, 3.8) is 0 Å². The molecule has 0 aliphatic rings. The van der Waals surface area contributed by atoms with Gasteiger partial charge in [0.2, 0.25) is 5.13 Å². The van der Waals surface area contributed by atoms with E-state index in [0.717, 1.165) is 34.2 Å². The molecule has 0 fully saturated rings. The Balaban J connectivity index is 1.61. The Kier molecular flexibility index (Phi) is 6.35. The van der Waals surface area contributed by atoms with Gasteiger partial charge in [0, 0.05) is 23.1 Å². The molecule has 0 spiro atoms. The van der Waals surface area contributed by atoms with Crippen LogP contribution in [-0.2, 0) is 0 Å². The van der Waals surface area contributed by atoms with Crippen molar-refractivity contribution < 1.29 is 4.74 Å². The predicted octanol–water partition coefficient (Wildman–Crippen LogP) is 4.20. The summed E-state index contributed by atoms with van der Waals surface area (Å²) in [7, 11) is 4.05. The van der Waals surface area contributed by atoms with Crippen molar-refractivity contribution in [2.45, 2.75) is 0 Å². The van der Waals surface area contributed by atoms with Crippen molar-refractivity contribution in [1.29, 1.82) is 0 Å². The standard InChI is InChI=1S/C20H22N4OS/c1-24(2)12-13-25-19-11-7-6-10-17(19)14-21-23-20-22-18(15-26-20)16-8-4-3-5-9-16/h3-11,14-15H,12-13H2,1-2H3,(H,22,23). The summed E-state index contributed by atoms with van der Waals surface area (Å²) in [5.41, 5.74) is 5.97. The lowest BCUT2D eigenvalue weighted by Gasteiger charge is -2.12. The van der Waals surface area contributed by atoms with Gasteiger partial charge < -0.3 is 9.64 Å². The van der Waals surface area contributed by atoms with Crippen LogP contribution in [0, 0.1) is 0 Å². The van der Waals surface area contributed by atoms with Gasteiger partial charge in [-0.05, 0) is 26.2 Å². The summed E-state index contributed by atoms with van der Waals surface area (Å²) in [6.07, 6.45) is 1.76. The number of benzene rings is 2. The van der Waals surface area contributed by atoms with Crippen molar-refractivity contribution in [1.82, 2.24) is 9.88 Å². The van der Waals surface area contributed by atoms with Gasteiger partial charge >= 0.3 is 0 Å². The number of aromatic nitrogens is 1. The van der Waals surface area contributed by atoms with E-state index in [-0.39, 0.29) is 0 Å². The van der Waals surface area contributed by atoms with Crippen LogP contribution in [0.25, 0.3) is 11.3 Å². The van der Waals surface area contributed by atoms with Crippen LogP contribution in [0.1, 0.15) is 5.56 Å². The summed E-state index contributed by atoms with van der Waals surface area (Å²) in [6, 6.07) is 18.0. The second-order valence-electron chi connectivity index (χ2n) is 5.96. The number of rotatable bonds is 8. The lowest BCUT2D eigenvalue weighted by atomic mass is 10.2. The molecule has 1 heterocycles. The minimum atomic E-state index is 0.637. The monoisotopic (exact) mass is 366 g/mol. The van der Waals surface area contributed by atoms with E-state index in [0.29, 0.717) is 6.61 Å². The molecule has 26 heavy (non-hydrogen) atoms. The first kappa shape index (κ1) is 18.1. The van der Waals surface area contributed by atoms with E-state index >= 15 is 0 Å². The average Bonchev–Trinajstić information content (AvgIpc) is 3.12. The average molecular weight is 366 g/mol. The first-order chi connectivity index (χ1) is 12.7. The minimum Gasteiger partial charge on any atom is -0.492 e. The Bertz CT molecular complexity index is 846. The van der Waals surface area contributed by atoms with Crippen LogP contribution in [0.3, 0.4) is 0 Å². The van der Waals surface area contributed by atoms with Crippen molar-refractivity contribution >= 4 is 22.7 Å². The number of thiazole rings is 1. The van der Waals surface area contributed by atoms with E-state index < -0.39 is 0 Å². The van der Waals surface area contributed by atoms with Gasteiger partial charge in [-0.2, -0.15) is 5.10 Å². The van der Waals surface area contributed by atoms with Gasteiger partial charge in [0.1, 0.15) is 12.4 Å². The highest BCUT2D eigenvalue weighted by molar-refractivity contribution is 7.14. The summed E-state index contributed by atoms with van der Waals surface area (Å²) in [5, 5.41) is 7.08. The van der Waals surface area contributed by atoms with Crippen LogP contribution < -0.4 is 10.2 Å². The van der Waals surface area contributed by atoms with E-state index in [1.54, 1.807) is 6.21 Å². The Morgan fingerprint density at radius 1 is 1.12 bits per heavy atom. The molecule has 0 bridgehead atoms. The molecule has 0 unspecified atom stereocenters. The van der Waals surface area contributed by atoms with Crippen molar-refractivity contribution in [3.05, 3.63) is 65.5 Å². The summed E-state index contributed by atoms with van der Waals surface area (Å²) in [6.45, 7) is 1.50. The smallest absolute Gasteiger partial charge is 0.203 e. The molecule has 5 nitrogen and oxygen atoms in total. The van der Waals surface area contributed by atoms with Crippen LogP contribution in [0.4, 0.5) is 5.13 Å². The minimum absolute atomic E-state index is 0.637. The lowest BCUT2D eigenvalue weighted by molar-refractivity contribution is 0.261. The molecular formula is C20H22N4OS. The van der Waals surface area contributed by atoms with Crippen LogP contribution in [0.2, 0.25) is 0 Å². The van der Waals surface area contributed by atoms with Crippen molar-refractivity contribution in [3.8, 4) is 17.0 Å². The van der Waals surface area contributed by atoms with Gasteiger partial charge in [0.15, 0.2) is 0 Å². The summed E-state index contributed by atoms with van der Waals surface area (Å²) in [4.78, 5) is 6.65. The number of hydrogen-bond donors (Lipinski definition) is 1. The van der Waals surface area contributed by atoms with Crippen LogP contribution in [-0.4, -0.2) is 43.3 Å². The Morgan fingerprint density at radius 3 is 2.69 bits per heavy atom. The number of likely N-dealkylation sites (N-methyl/N-ethyl adjacent to an activating group) is 1. The molecule has 0 aliphatic carbocycles. The normalized spacial score (nSPS) is 11.2. The maximum Gasteiger partial charge on any atom is 0.203 e. The van der Waals surface area contributed by atoms with Gasteiger partial charge in [0.05, 0.1) is 11.9 Å². The van der Waals surface area contributed by atoms with E-state index in [4.69, 9.17) is 4.74 Å². The first-order valence-corrected chi connectivity index (χ1v) is 9.27. The summed E-state index contributed by atoms with van der Waals surface area (Å²) >= 11 is 1.53. The largest absolute Gasteiger partial charge is 0.492 e. The van der Waals surface area contributed by atoms with E-state index in [1.807, 2.05) is 74.1 Å². The zero-order valence-corrected chi connectivity index (χ0v) is 15.7. The number of hydrogen-bond acceptors (Lipinski definition) is 6. The third-order valence-corrected chi connectivity index (χ3v) is 4.40. The third kappa shape index (κ3) is 5.15. The molecule has 1 aromatic heterocycles. The maximum absolute atomic E-state index is 5.84. The van der Waals surface area contributed by atoms with E-state index in [2.05, 4.69) is 20.4 Å². The molecule has 6 heteroatoms. The molecule has 1 N–H and O–H groups in total. The van der Waals surface area contributed by atoms with Crippen LogP contribution in [0.5, 0.6) is 5.75 Å². The predicted molar refractivity (Wildman–Crippen MR) is 109 cm³/mol. The summed E-state index contributed by atoms with van der Waals surface area (Å²) < 4.78 is 5.84. The molecule has 0 aliphatic heterocycles. The molecule has 2 aromatic carbocycles. The molecular weight excluding hydrogens is 344 g/mol. The topological polar surface area (TPSA) is 49.8 Å². The fraction of sp³-hybridized carbons (Fsp3) is 0.200. The SMILES string of the molecule is CN(C)CCOc1ccccc1C=NNc1nc(-c2ccccc2)cs1. The van der Waals surface area contributed by atoms with Crippen molar-refractivity contribution in [2.24, 2.45) is 5.10 Å². The second-order valence-corrected chi connectivity index (χ2v) is 6.82. The zero-order chi connectivity index (χ0) is 18.2. The Labute approximate surface area is 158 Å². The highest BCUT2D eigenvalue weighted by atomic mass is 32.1. The number of anilines is 1.